The lowest BCUT2D eigenvalue weighted by molar-refractivity contribution is -0.275. The third-order valence-electron chi connectivity index (χ3n) is 1.69. The predicted octanol–water partition coefficient (Wildman–Crippen LogP) is 1.65. The zero-order chi connectivity index (χ0) is 12.3. The van der Waals surface area contributed by atoms with Gasteiger partial charge < -0.3 is 14.9 Å². The van der Waals surface area contributed by atoms with Crippen molar-refractivity contribution in [1.29, 1.82) is 0 Å². The molecule has 1 aromatic rings. The number of aliphatic hydroxyl groups excluding tert-OH is 1. The normalized spacial score (nSPS) is 11.6. The number of hydrogen-bond donors (Lipinski definition) is 2. The molecule has 0 fully saturated rings. The molecule has 0 saturated heterocycles. The molecule has 0 amide bonds. The lowest BCUT2D eigenvalue weighted by atomic mass is 10.2. The van der Waals surface area contributed by atoms with Crippen molar-refractivity contribution >= 4 is 0 Å². The smallest absolute Gasteiger partial charge is 0.506 e. The highest BCUT2D eigenvalue weighted by atomic mass is 19.4. The molecule has 0 aliphatic rings. The highest BCUT2D eigenvalue weighted by Crippen LogP contribution is 2.34. The molecule has 0 radical (unpaired) electrons. The van der Waals surface area contributed by atoms with Gasteiger partial charge in [-0.15, -0.1) is 13.2 Å². The van der Waals surface area contributed by atoms with Gasteiger partial charge in [-0.3, -0.25) is 4.98 Å². The van der Waals surface area contributed by atoms with E-state index < -0.39 is 42.4 Å². The van der Waals surface area contributed by atoms with Crippen molar-refractivity contribution in [3.8, 4) is 11.5 Å². The van der Waals surface area contributed by atoms with Crippen molar-refractivity contribution in [3.05, 3.63) is 17.5 Å². The van der Waals surface area contributed by atoms with Gasteiger partial charge in [-0.05, 0) is 0 Å². The van der Waals surface area contributed by atoms with Crippen molar-refractivity contribution < 1.29 is 32.5 Å². The molecule has 1 heterocycles. The summed E-state index contributed by atoms with van der Waals surface area (Å²) in [4.78, 5) is 3.30. The van der Waals surface area contributed by atoms with Gasteiger partial charge in [-0.2, -0.15) is 0 Å². The monoisotopic (exact) mass is 241 g/mol. The van der Waals surface area contributed by atoms with E-state index in [2.05, 4.69) is 9.72 Å². The average molecular weight is 241 g/mol. The van der Waals surface area contributed by atoms with E-state index in [4.69, 9.17) is 10.2 Å². The van der Waals surface area contributed by atoms with Gasteiger partial charge in [0.05, 0.1) is 18.4 Å². The summed E-state index contributed by atoms with van der Waals surface area (Å²) < 4.78 is 51.8. The maximum Gasteiger partial charge on any atom is 0.573 e. The Labute approximate surface area is 87.1 Å². The summed E-state index contributed by atoms with van der Waals surface area (Å²) in [6.45, 7) is -2.23. The molecule has 4 nitrogen and oxygen atoms in total. The van der Waals surface area contributed by atoms with Crippen LogP contribution in [0.2, 0.25) is 0 Å². The van der Waals surface area contributed by atoms with Gasteiger partial charge in [0.2, 0.25) is 0 Å². The molecule has 90 valence electrons. The van der Waals surface area contributed by atoms with Crippen LogP contribution in [0.4, 0.5) is 17.6 Å². The van der Waals surface area contributed by atoms with E-state index >= 15 is 0 Å². The standard InChI is InChI=1S/C8H7F4NO3/c9-1-4-6(15)2-13-5(3-14)7(4)16-8(10,11)12/h2,14-15H,1,3H2. The summed E-state index contributed by atoms with van der Waals surface area (Å²) in [5.74, 6) is -1.77. The molecule has 8 heteroatoms. The summed E-state index contributed by atoms with van der Waals surface area (Å²) in [6.07, 6.45) is -4.31. The van der Waals surface area contributed by atoms with Crippen LogP contribution in [0.25, 0.3) is 0 Å². The van der Waals surface area contributed by atoms with Gasteiger partial charge in [0, 0.05) is 0 Å². The molecule has 0 aliphatic heterocycles. The number of halogens is 4. The Morgan fingerprint density at radius 3 is 2.44 bits per heavy atom. The van der Waals surface area contributed by atoms with Gasteiger partial charge in [0.15, 0.2) is 5.75 Å². The molecule has 0 bridgehead atoms. The van der Waals surface area contributed by atoms with Crippen LogP contribution in [0.1, 0.15) is 11.3 Å². The Bertz CT molecular complexity index is 380. The summed E-state index contributed by atoms with van der Waals surface area (Å²) in [6, 6.07) is 0. The summed E-state index contributed by atoms with van der Waals surface area (Å²) in [5, 5.41) is 17.8. The van der Waals surface area contributed by atoms with Crippen LogP contribution >= 0.6 is 0 Å². The molecule has 1 rings (SSSR count). The second-order valence-electron chi connectivity index (χ2n) is 2.74. The Morgan fingerprint density at radius 1 is 1.38 bits per heavy atom. The van der Waals surface area contributed by atoms with E-state index in [9.17, 15) is 17.6 Å². The largest absolute Gasteiger partial charge is 0.573 e. The summed E-state index contributed by atoms with van der Waals surface area (Å²) >= 11 is 0. The molecule has 0 aliphatic carbocycles. The second kappa shape index (κ2) is 4.52. The van der Waals surface area contributed by atoms with Crippen LogP contribution in [0, 0.1) is 0 Å². The van der Waals surface area contributed by atoms with Crippen LogP contribution in [0.5, 0.6) is 11.5 Å². The molecule has 0 aromatic carbocycles. The number of aromatic hydroxyl groups is 1. The number of pyridine rings is 1. The van der Waals surface area contributed by atoms with E-state index in [1.807, 2.05) is 0 Å². The molecule has 0 unspecified atom stereocenters. The fourth-order valence-electron chi connectivity index (χ4n) is 1.04. The minimum absolute atomic E-state index is 0.497. The fourth-order valence-corrected chi connectivity index (χ4v) is 1.04. The number of rotatable bonds is 3. The first-order chi connectivity index (χ1) is 7.39. The van der Waals surface area contributed by atoms with E-state index in [1.54, 1.807) is 0 Å². The summed E-state index contributed by atoms with van der Waals surface area (Å²) in [7, 11) is 0. The van der Waals surface area contributed by atoms with Crippen LogP contribution in [-0.4, -0.2) is 21.6 Å². The van der Waals surface area contributed by atoms with Gasteiger partial charge in [0.25, 0.3) is 0 Å². The van der Waals surface area contributed by atoms with Crippen LogP contribution in [0.3, 0.4) is 0 Å². The number of ether oxygens (including phenoxy) is 1. The van der Waals surface area contributed by atoms with Crippen molar-refractivity contribution in [2.45, 2.75) is 19.6 Å². The van der Waals surface area contributed by atoms with Crippen LogP contribution in [0.15, 0.2) is 6.20 Å². The van der Waals surface area contributed by atoms with Gasteiger partial charge in [-0.25, -0.2) is 4.39 Å². The Kier molecular flexibility index (Phi) is 3.53. The van der Waals surface area contributed by atoms with E-state index in [1.165, 1.54) is 0 Å². The zero-order valence-electron chi connectivity index (χ0n) is 7.75. The van der Waals surface area contributed by atoms with E-state index in [-0.39, 0.29) is 0 Å². The van der Waals surface area contributed by atoms with Crippen LogP contribution < -0.4 is 4.74 Å². The van der Waals surface area contributed by atoms with Crippen molar-refractivity contribution in [1.82, 2.24) is 4.98 Å². The number of aliphatic hydroxyl groups is 1. The maximum absolute atomic E-state index is 12.4. The fraction of sp³-hybridized carbons (Fsp3) is 0.375. The first kappa shape index (κ1) is 12.5. The lowest BCUT2D eigenvalue weighted by Crippen LogP contribution is -2.19. The molecule has 2 N–H and O–H groups in total. The zero-order valence-corrected chi connectivity index (χ0v) is 7.75. The first-order valence-corrected chi connectivity index (χ1v) is 4.01. The molecule has 0 spiro atoms. The number of aromatic nitrogens is 1. The molecule has 1 aromatic heterocycles. The minimum Gasteiger partial charge on any atom is -0.506 e. The SMILES string of the molecule is OCc1ncc(O)c(CF)c1OC(F)(F)F. The number of hydrogen-bond acceptors (Lipinski definition) is 4. The van der Waals surface area contributed by atoms with Crippen molar-refractivity contribution in [2.24, 2.45) is 0 Å². The third-order valence-corrected chi connectivity index (χ3v) is 1.69. The van der Waals surface area contributed by atoms with E-state index in [0.717, 1.165) is 6.20 Å². The minimum atomic E-state index is -5.05. The van der Waals surface area contributed by atoms with Crippen LogP contribution in [-0.2, 0) is 13.3 Å². The van der Waals surface area contributed by atoms with Crippen molar-refractivity contribution in [3.63, 3.8) is 0 Å². The highest BCUT2D eigenvalue weighted by molar-refractivity contribution is 5.45. The van der Waals surface area contributed by atoms with Crippen molar-refractivity contribution in [2.75, 3.05) is 0 Å². The van der Waals surface area contributed by atoms with Gasteiger partial charge in [0.1, 0.15) is 18.1 Å². The highest BCUT2D eigenvalue weighted by Gasteiger charge is 2.34. The quantitative estimate of drug-likeness (QED) is 0.790. The number of nitrogens with zero attached hydrogens (tertiary/aromatic N) is 1. The molecule has 16 heavy (non-hydrogen) atoms. The first-order valence-electron chi connectivity index (χ1n) is 4.01. The maximum atomic E-state index is 12.4. The van der Waals surface area contributed by atoms with Gasteiger partial charge >= 0.3 is 6.36 Å². The molecule has 0 atom stereocenters. The third kappa shape index (κ3) is 2.72. The topological polar surface area (TPSA) is 62.6 Å². The molecular weight excluding hydrogens is 234 g/mol. The number of alkyl halides is 4. The predicted molar refractivity (Wildman–Crippen MR) is 43.3 cm³/mol. The lowest BCUT2D eigenvalue weighted by Gasteiger charge is -2.14. The van der Waals surface area contributed by atoms with E-state index in [0.29, 0.717) is 0 Å². The Hall–Kier alpha value is -1.57. The molecule has 0 saturated carbocycles. The Morgan fingerprint density at radius 2 is 2.00 bits per heavy atom. The van der Waals surface area contributed by atoms with Gasteiger partial charge in [-0.1, -0.05) is 0 Å². The summed E-state index contributed by atoms with van der Waals surface area (Å²) in [5.41, 5.74) is -1.20. The second-order valence-corrected chi connectivity index (χ2v) is 2.74. The Balaban J connectivity index is 3.25. The molecular formula is C8H7F4NO3. The average Bonchev–Trinajstić information content (AvgIpc) is 2.16.